The van der Waals surface area contributed by atoms with Crippen molar-refractivity contribution in [3.8, 4) is 0 Å². The molecule has 1 N–H and O–H groups in total. The average molecular weight is 239 g/mol. The molecule has 0 spiro atoms. The van der Waals surface area contributed by atoms with E-state index in [1.54, 1.807) is 6.08 Å². The molecule has 92 valence electrons. The minimum Gasteiger partial charge on any atom is -0.356 e. The minimum atomic E-state index is 0.0632. The number of carbonyl (C=O) groups excluding carboxylic acids is 1. The third-order valence-electron chi connectivity index (χ3n) is 2.90. The van der Waals surface area contributed by atoms with Gasteiger partial charge in [0.2, 0.25) is 5.91 Å². The Morgan fingerprint density at radius 2 is 1.94 bits per heavy atom. The van der Waals surface area contributed by atoms with Gasteiger partial charge in [0.05, 0.1) is 6.42 Å². The van der Waals surface area contributed by atoms with Crippen molar-refractivity contribution in [2.24, 2.45) is 0 Å². The Morgan fingerprint density at radius 1 is 1.17 bits per heavy atom. The zero-order valence-electron chi connectivity index (χ0n) is 10.4. The molecule has 0 aromatic heterocycles. The van der Waals surface area contributed by atoms with Crippen LogP contribution < -0.4 is 5.32 Å². The molecule has 2 rings (SSSR count). The first-order valence-electron chi connectivity index (χ1n) is 6.15. The highest BCUT2D eigenvalue weighted by atomic mass is 16.1. The maximum absolute atomic E-state index is 11.8. The molecule has 18 heavy (non-hydrogen) atoms. The predicted octanol–water partition coefficient (Wildman–Crippen LogP) is 3.07. The van der Waals surface area contributed by atoms with Crippen LogP contribution >= 0.6 is 0 Å². The van der Waals surface area contributed by atoms with E-state index in [9.17, 15) is 4.79 Å². The number of benzene rings is 2. The zero-order valence-corrected chi connectivity index (χ0v) is 10.4. The lowest BCUT2D eigenvalue weighted by molar-refractivity contribution is -0.120. The van der Waals surface area contributed by atoms with Crippen LogP contribution in [0, 0.1) is 0 Å². The Bertz CT molecular complexity index is 555. The molecular weight excluding hydrogens is 222 g/mol. The molecule has 0 atom stereocenters. The number of nitrogens with one attached hydrogen (secondary N) is 1. The van der Waals surface area contributed by atoms with Crippen molar-refractivity contribution < 1.29 is 4.79 Å². The van der Waals surface area contributed by atoms with Crippen LogP contribution in [0.15, 0.2) is 55.1 Å². The van der Waals surface area contributed by atoms with Crippen LogP contribution in [-0.4, -0.2) is 12.5 Å². The fraction of sp³-hybridized carbons (Fsp3) is 0.188. The van der Waals surface area contributed by atoms with E-state index in [2.05, 4.69) is 30.1 Å². The van der Waals surface area contributed by atoms with E-state index in [-0.39, 0.29) is 5.91 Å². The summed E-state index contributed by atoms with van der Waals surface area (Å²) in [6.45, 7) is 4.29. The lowest BCUT2D eigenvalue weighted by Gasteiger charge is -2.07. The fourth-order valence-corrected chi connectivity index (χ4v) is 2.00. The second-order valence-electron chi connectivity index (χ2n) is 4.24. The van der Waals surface area contributed by atoms with Gasteiger partial charge < -0.3 is 5.32 Å². The molecule has 0 fully saturated rings. The van der Waals surface area contributed by atoms with Crippen LogP contribution in [0.4, 0.5) is 0 Å². The second-order valence-corrected chi connectivity index (χ2v) is 4.24. The number of amides is 1. The summed E-state index contributed by atoms with van der Waals surface area (Å²) in [5, 5.41) is 5.21. The van der Waals surface area contributed by atoms with Crippen molar-refractivity contribution in [1.29, 1.82) is 0 Å². The Balaban J connectivity index is 2.11. The molecule has 2 aromatic carbocycles. The summed E-state index contributed by atoms with van der Waals surface area (Å²) in [4.78, 5) is 11.8. The first-order chi connectivity index (χ1) is 8.81. The van der Waals surface area contributed by atoms with Gasteiger partial charge in [0.15, 0.2) is 0 Å². The van der Waals surface area contributed by atoms with Crippen LogP contribution in [0.3, 0.4) is 0 Å². The standard InChI is InChI=1S/C16H17NO/c1-2-3-11-17-16(18)12-14-9-6-8-13-7-4-5-10-15(13)14/h2,4-10H,1,3,11-12H2,(H,17,18). The molecule has 0 unspecified atom stereocenters. The van der Waals surface area contributed by atoms with Gasteiger partial charge in [0.25, 0.3) is 0 Å². The van der Waals surface area contributed by atoms with Crippen LogP contribution in [0.1, 0.15) is 12.0 Å². The maximum Gasteiger partial charge on any atom is 0.224 e. The molecule has 0 aliphatic heterocycles. The molecule has 0 radical (unpaired) electrons. The van der Waals surface area contributed by atoms with Crippen molar-refractivity contribution in [3.05, 3.63) is 60.7 Å². The molecule has 0 aliphatic rings. The topological polar surface area (TPSA) is 29.1 Å². The molecule has 0 heterocycles. The molecule has 0 saturated carbocycles. The van der Waals surface area contributed by atoms with Crippen LogP contribution in [0.25, 0.3) is 10.8 Å². The fourth-order valence-electron chi connectivity index (χ4n) is 2.00. The van der Waals surface area contributed by atoms with Gasteiger partial charge in [0.1, 0.15) is 0 Å². The molecule has 2 heteroatoms. The Kier molecular flexibility index (Phi) is 4.13. The Labute approximate surface area is 107 Å². The van der Waals surface area contributed by atoms with E-state index in [1.165, 1.54) is 5.39 Å². The van der Waals surface area contributed by atoms with Gasteiger partial charge >= 0.3 is 0 Å². The maximum atomic E-state index is 11.8. The van der Waals surface area contributed by atoms with Crippen molar-refractivity contribution in [1.82, 2.24) is 5.32 Å². The molecule has 0 saturated heterocycles. The third kappa shape index (κ3) is 2.98. The monoisotopic (exact) mass is 239 g/mol. The SMILES string of the molecule is C=CCCNC(=O)Cc1cccc2ccccc12. The normalized spacial score (nSPS) is 10.2. The number of hydrogen-bond acceptors (Lipinski definition) is 1. The summed E-state index contributed by atoms with van der Waals surface area (Å²) in [5.74, 6) is 0.0632. The van der Waals surface area contributed by atoms with Gasteiger partial charge in [0, 0.05) is 6.54 Å². The summed E-state index contributed by atoms with van der Waals surface area (Å²) in [6.07, 6.45) is 3.04. The van der Waals surface area contributed by atoms with Gasteiger partial charge in [-0.1, -0.05) is 48.5 Å². The number of hydrogen-bond donors (Lipinski definition) is 1. The molecular formula is C16H17NO. The highest BCUT2D eigenvalue weighted by Gasteiger charge is 2.05. The molecule has 2 nitrogen and oxygen atoms in total. The summed E-state index contributed by atoms with van der Waals surface area (Å²) in [7, 11) is 0. The lowest BCUT2D eigenvalue weighted by atomic mass is 10.0. The van der Waals surface area contributed by atoms with Crippen molar-refractivity contribution in [3.63, 3.8) is 0 Å². The number of carbonyl (C=O) groups is 1. The summed E-state index contributed by atoms with van der Waals surface area (Å²) < 4.78 is 0. The molecule has 1 amide bonds. The van der Waals surface area contributed by atoms with Crippen molar-refractivity contribution >= 4 is 16.7 Å². The molecule has 0 aliphatic carbocycles. The highest BCUT2D eigenvalue weighted by Crippen LogP contribution is 2.18. The molecule has 2 aromatic rings. The van der Waals surface area contributed by atoms with Crippen molar-refractivity contribution in [2.75, 3.05) is 6.54 Å². The Hall–Kier alpha value is -2.09. The number of rotatable bonds is 5. The van der Waals surface area contributed by atoms with Gasteiger partial charge in [-0.2, -0.15) is 0 Å². The lowest BCUT2D eigenvalue weighted by Crippen LogP contribution is -2.25. The Morgan fingerprint density at radius 3 is 2.78 bits per heavy atom. The van der Waals surface area contributed by atoms with Gasteiger partial charge in [-0.05, 0) is 22.8 Å². The minimum absolute atomic E-state index is 0.0632. The first kappa shape index (κ1) is 12.4. The number of fused-ring (bicyclic) bond motifs is 1. The van der Waals surface area contributed by atoms with Crippen LogP contribution in [0.2, 0.25) is 0 Å². The first-order valence-corrected chi connectivity index (χ1v) is 6.15. The van der Waals surface area contributed by atoms with E-state index in [1.807, 2.05) is 24.3 Å². The summed E-state index contributed by atoms with van der Waals surface area (Å²) in [5.41, 5.74) is 1.07. The van der Waals surface area contributed by atoms with Gasteiger partial charge in [-0.25, -0.2) is 0 Å². The molecule has 0 bridgehead atoms. The van der Waals surface area contributed by atoms with Gasteiger partial charge in [-0.3, -0.25) is 4.79 Å². The second kappa shape index (κ2) is 6.01. The highest BCUT2D eigenvalue weighted by molar-refractivity contribution is 5.90. The largest absolute Gasteiger partial charge is 0.356 e. The van der Waals surface area contributed by atoms with Crippen molar-refractivity contribution in [2.45, 2.75) is 12.8 Å². The third-order valence-corrected chi connectivity index (χ3v) is 2.90. The quantitative estimate of drug-likeness (QED) is 0.630. The summed E-state index contributed by atoms with van der Waals surface area (Å²) in [6, 6.07) is 14.2. The predicted molar refractivity (Wildman–Crippen MR) is 75.5 cm³/mol. The van der Waals surface area contributed by atoms with Crippen LogP contribution in [-0.2, 0) is 11.2 Å². The van der Waals surface area contributed by atoms with Crippen LogP contribution in [0.5, 0.6) is 0 Å². The van der Waals surface area contributed by atoms with E-state index >= 15 is 0 Å². The summed E-state index contributed by atoms with van der Waals surface area (Å²) >= 11 is 0. The average Bonchev–Trinajstić information content (AvgIpc) is 2.39. The van der Waals surface area contributed by atoms with E-state index in [0.717, 1.165) is 17.4 Å². The zero-order chi connectivity index (χ0) is 12.8. The van der Waals surface area contributed by atoms with E-state index in [0.29, 0.717) is 13.0 Å². The smallest absolute Gasteiger partial charge is 0.224 e. The van der Waals surface area contributed by atoms with Gasteiger partial charge in [-0.15, -0.1) is 6.58 Å². The van der Waals surface area contributed by atoms with E-state index < -0.39 is 0 Å². The van der Waals surface area contributed by atoms with E-state index in [4.69, 9.17) is 0 Å².